The first-order valence-corrected chi connectivity index (χ1v) is 8.58. The van der Waals surface area contributed by atoms with Crippen molar-refractivity contribution in [2.45, 2.75) is 25.5 Å². The van der Waals surface area contributed by atoms with Crippen LogP contribution in [0.2, 0.25) is 5.02 Å². The summed E-state index contributed by atoms with van der Waals surface area (Å²) >= 11 is 6.15. The average molecular weight is 381 g/mol. The lowest BCUT2D eigenvalue weighted by Gasteiger charge is -2.14. The summed E-state index contributed by atoms with van der Waals surface area (Å²) in [5.41, 5.74) is 1.44. The van der Waals surface area contributed by atoms with Crippen LogP contribution in [0.4, 0.5) is 0 Å². The Kier molecular flexibility index (Phi) is 7.56. The zero-order chi connectivity index (χ0) is 16.8. The molecule has 1 fully saturated rings. The second-order valence-electron chi connectivity index (χ2n) is 5.88. The lowest BCUT2D eigenvalue weighted by molar-refractivity contribution is 0.0946. The topological polar surface area (TPSA) is 50.4 Å². The van der Waals surface area contributed by atoms with E-state index in [1.807, 2.05) is 36.4 Å². The van der Waals surface area contributed by atoms with E-state index in [1.165, 1.54) is 0 Å². The number of benzene rings is 2. The van der Waals surface area contributed by atoms with Crippen molar-refractivity contribution in [2.75, 3.05) is 13.1 Å². The highest BCUT2D eigenvalue weighted by Gasteiger charge is 2.17. The molecule has 0 aliphatic carbocycles. The van der Waals surface area contributed by atoms with E-state index in [0.717, 1.165) is 24.9 Å². The smallest absolute Gasteiger partial charge is 0.255 e. The maximum Gasteiger partial charge on any atom is 0.255 e. The fourth-order valence-corrected chi connectivity index (χ4v) is 2.98. The molecular weight excluding hydrogens is 359 g/mol. The third-order valence-corrected chi connectivity index (χ3v) is 4.51. The largest absolute Gasteiger partial charge is 0.488 e. The monoisotopic (exact) mass is 380 g/mol. The van der Waals surface area contributed by atoms with E-state index in [9.17, 15) is 4.79 Å². The molecule has 2 N–H and O–H groups in total. The second-order valence-corrected chi connectivity index (χ2v) is 6.29. The SMILES string of the molecule is Cl.O=C(NCC1CCCN1)c1ccccc1OCc1ccccc1Cl. The fourth-order valence-electron chi connectivity index (χ4n) is 2.79. The van der Waals surface area contributed by atoms with Crippen molar-refractivity contribution in [1.29, 1.82) is 0 Å². The van der Waals surface area contributed by atoms with Gasteiger partial charge in [0.25, 0.3) is 5.91 Å². The summed E-state index contributed by atoms with van der Waals surface area (Å²) in [6.07, 6.45) is 2.27. The van der Waals surface area contributed by atoms with Crippen LogP contribution in [0.1, 0.15) is 28.8 Å². The number of rotatable bonds is 6. The van der Waals surface area contributed by atoms with Gasteiger partial charge < -0.3 is 15.4 Å². The zero-order valence-electron chi connectivity index (χ0n) is 13.8. The molecule has 1 atom stereocenters. The molecule has 1 aliphatic heterocycles. The molecule has 1 aliphatic rings. The van der Waals surface area contributed by atoms with Gasteiger partial charge in [-0.1, -0.05) is 41.9 Å². The van der Waals surface area contributed by atoms with Crippen LogP contribution in [0.25, 0.3) is 0 Å². The van der Waals surface area contributed by atoms with Crippen molar-refractivity contribution in [3.05, 3.63) is 64.7 Å². The first-order chi connectivity index (χ1) is 11.7. The highest BCUT2D eigenvalue weighted by Crippen LogP contribution is 2.22. The molecule has 1 heterocycles. The number of carbonyl (C=O) groups is 1. The van der Waals surface area contributed by atoms with Crippen LogP contribution in [0.15, 0.2) is 48.5 Å². The summed E-state index contributed by atoms with van der Waals surface area (Å²) in [6.45, 7) is 1.99. The van der Waals surface area contributed by atoms with Gasteiger partial charge >= 0.3 is 0 Å². The van der Waals surface area contributed by atoms with E-state index in [1.54, 1.807) is 12.1 Å². The van der Waals surface area contributed by atoms with Gasteiger partial charge in [-0.25, -0.2) is 0 Å². The van der Waals surface area contributed by atoms with Gasteiger partial charge in [-0.15, -0.1) is 12.4 Å². The molecule has 0 bridgehead atoms. The summed E-state index contributed by atoms with van der Waals surface area (Å²) in [4.78, 5) is 12.5. The quantitative estimate of drug-likeness (QED) is 0.800. The van der Waals surface area contributed by atoms with Gasteiger partial charge in [0, 0.05) is 23.2 Å². The van der Waals surface area contributed by atoms with E-state index >= 15 is 0 Å². The third-order valence-electron chi connectivity index (χ3n) is 4.14. The molecule has 134 valence electrons. The van der Waals surface area contributed by atoms with Gasteiger partial charge in [-0.05, 0) is 37.6 Å². The van der Waals surface area contributed by atoms with E-state index in [-0.39, 0.29) is 18.3 Å². The van der Waals surface area contributed by atoms with Gasteiger partial charge in [-0.3, -0.25) is 4.79 Å². The molecular formula is C19H22Cl2N2O2. The molecule has 1 unspecified atom stereocenters. The van der Waals surface area contributed by atoms with E-state index in [0.29, 0.717) is 35.5 Å². The van der Waals surface area contributed by atoms with Crippen LogP contribution < -0.4 is 15.4 Å². The van der Waals surface area contributed by atoms with Crippen LogP contribution in [-0.2, 0) is 6.61 Å². The van der Waals surface area contributed by atoms with Crippen LogP contribution in [0.5, 0.6) is 5.75 Å². The number of nitrogens with one attached hydrogen (secondary N) is 2. The maximum absolute atomic E-state index is 12.5. The highest BCUT2D eigenvalue weighted by atomic mass is 35.5. The highest BCUT2D eigenvalue weighted by molar-refractivity contribution is 6.31. The summed E-state index contributed by atoms with van der Waals surface area (Å²) in [5.74, 6) is 0.452. The number of halogens is 2. The van der Waals surface area contributed by atoms with Gasteiger partial charge in [0.1, 0.15) is 12.4 Å². The standard InChI is InChI=1S/C19H21ClN2O2.ClH/c20-17-9-3-1-6-14(17)13-24-18-10-4-2-8-16(18)19(23)22-12-15-7-5-11-21-15;/h1-4,6,8-10,15,21H,5,7,11-13H2,(H,22,23);1H. The Morgan fingerprint density at radius 1 is 1.20 bits per heavy atom. The van der Waals surface area contributed by atoms with Crippen molar-refractivity contribution >= 4 is 29.9 Å². The summed E-state index contributed by atoms with van der Waals surface area (Å²) in [5, 5.41) is 7.01. The van der Waals surface area contributed by atoms with E-state index in [2.05, 4.69) is 10.6 Å². The Morgan fingerprint density at radius 3 is 2.72 bits per heavy atom. The van der Waals surface area contributed by atoms with Crippen molar-refractivity contribution in [1.82, 2.24) is 10.6 Å². The van der Waals surface area contributed by atoms with Crippen molar-refractivity contribution < 1.29 is 9.53 Å². The third kappa shape index (κ3) is 5.36. The number of carbonyl (C=O) groups excluding carboxylic acids is 1. The van der Waals surface area contributed by atoms with Crippen molar-refractivity contribution in [3.8, 4) is 5.75 Å². The molecule has 1 saturated heterocycles. The maximum atomic E-state index is 12.5. The van der Waals surface area contributed by atoms with E-state index < -0.39 is 0 Å². The van der Waals surface area contributed by atoms with Crippen molar-refractivity contribution in [3.63, 3.8) is 0 Å². The minimum absolute atomic E-state index is 0. The Bertz CT molecular complexity index is 703. The first kappa shape index (κ1) is 19.6. The molecule has 0 spiro atoms. The number of hydrogen-bond acceptors (Lipinski definition) is 3. The molecule has 4 nitrogen and oxygen atoms in total. The number of hydrogen-bond donors (Lipinski definition) is 2. The van der Waals surface area contributed by atoms with Gasteiger partial charge in [0.2, 0.25) is 0 Å². The Balaban J connectivity index is 0.00000225. The lowest BCUT2D eigenvalue weighted by Crippen LogP contribution is -2.37. The van der Waals surface area contributed by atoms with E-state index in [4.69, 9.17) is 16.3 Å². The van der Waals surface area contributed by atoms with Gasteiger partial charge in [-0.2, -0.15) is 0 Å². The summed E-state index contributed by atoms with van der Waals surface area (Å²) < 4.78 is 5.84. The predicted molar refractivity (Wildman–Crippen MR) is 103 cm³/mol. The molecule has 0 saturated carbocycles. The first-order valence-electron chi connectivity index (χ1n) is 8.21. The number of para-hydroxylation sites is 1. The van der Waals surface area contributed by atoms with Gasteiger partial charge in [0.05, 0.1) is 5.56 Å². The Labute approximate surface area is 159 Å². The van der Waals surface area contributed by atoms with Crippen molar-refractivity contribution in [2.24, 2.45) is 0 Å². The van der Waals surface area contributed by atoms with Crippen LogP contribution in [0, 0.1) is 0 Å². The normalized spacial score (nSPS) is 16.1. The average Bonchev–Trinajstić information content (AvgIpc) is 3.13. The van der Waals surface area contributed by atoms with Crippen LogP contribution in [0.3, 0.4) is 0 Å². The van der Waals surface area contributed by atoms with Gasteiger partial charge in [0.15, 0.2) is 0 Å². The molecule has 2 aromatic carbocycles. The number of ether oxygens (including phenoxy) is 1. The zero-order valence-corrected chi connectivity index (χ0v) is 15.4. The molecule has 6 heteroatoms. The molecule has 25 heavy (non-hydrogen) atoms. The molecule has 0 aromatic heterocycles. The van der Waals surface area contributed by atoms with Crippen LogP contribution in [-0.4, -0.2) is 25.0 Å². The molecule has 2 aromatic rings. The fraction of sp³-hybridized carbons (Fsp3) is 0.316. The predicted octanol–water partition coefficient (Wildman–Crippen LogP) is 3.82. The molecule has 1 amide bonds. The minimum Gasteiger partial charge on any atom is -0.488 e. The number of amides is 1. The summed E-state index contributed by atoms with van der Waals surface area (Å²) in [6, 6.07) is 15.2. The minimum atomic E-state index is -0.113. The lowest BCUT2D eigenvalue weighted by atomic mass is 10.1. The molecule has 3 rings (SSSR count). The Hall–Kier alpha value is -1.75. The van der Waals surface area contributed by atoms with Crippen LogP contribution >= 0.6 is 24.0 Å². The molecule has 0 radical (unpaired) electrons. The summed E-state index contributed by atoms with van der Waals surface area (Å²) in [7, 11) is 0. The second kappa shape index (κ2) is 9.66. The Morgan fingerprint density at radius 2 is 1.96 bits per heavy atom.